The lowest BCUT2D eigenvalue weighted by molar-refractivity contribution is -0.115. The number of anilines is 1. The summed E-state index contributed by atoms with van der Waals surface area (Å²) in [6.07, 6.45) is 2.74. The molecule has 0 aliphatic heterocycles. The Morgan fingerprint density at radius 1 is 1.26 bits per heavy atom. The summed E-state index contributed by atoms with van der Waals surface area (Å²) in [5.41, 5.74) is 3.70. The molecule has 0 saturated carbocycles. The number of hydrogen-bond acceptors (Lipinski definition) is 7. The molecule has 1 unspecified atom stereocenters. The Kier molecular flexibility index (Phi) is 8.13. The average Bonchev–Trinajstić information content (AvgIpc) is 3.29. The third-order valence-electron chi connectivity index (χ3n) is 5.89. The van der Waals surface area contributed by atoms with Crippen LogP contribution in [0.2, 0.25) is 0 Å². The quantitative estimate of drug-likeness (QED) is 0.446. The Bertz CT molecular complexity index is 1350. The summed E-state index contributed by atoms with van der Waals surface area (Å²) in [5.74, 6) is -0.165. The first kappa shape index (κ1) is 25.7. The number of carbonyl (C=O) groups is 3. The van der Waals surface area contributed by atoms with Crippen LogP contribution in [0.3, 0.4) is 0 Å². The molecule has 4 rings (SSSR count). The van der Waals surface area contributed by atoms with Gasteiger partial charge in [0.15, 0.2) is 4.80 Å². The lowest BCUT2D eigenvalue weighted by atomic mass is 9.88. The summed E-state index contributed by atoms with van der Waals surface area (Å²) in [5, 5.41) is 3.44. The number of rotatable bonds is 7. The lowest BCUT2D eigenvalue weighted by Crippen LogP contribution is -2.18. The number of aromatic nitrogens is 1. The molecular formula is C25H29N3O4S3. The Balaban J connectivity index is 1.39. The van der Waals surface area contributed by atoms with E-state index in [-0.39, 0.29) is 35.9 Å². The van der Waals surface area contributed by atoms with E-state index in [4.69, 9.17) is 4.74 Å². The van der Waals surface area contributed by atoms with Gasteiger partial charge >= 0.3 is 5.97 Å². The number of benzene rings is 1. The van der Waals surface area contributed by atoms with Crippen molar-refractivity contribution in [3.63, 3.8) is 0 Å². The maximum atomic E-state index is 12.6. The van der Waals surface area contributed by atoms with Gasteiger partial charge in [-0.05, 0) is 62.3 Å². The smallest absolute Gasteiger partial charge is 0.341 e. The van der Waals surface area contributed by atoms with Gasteiger partial charge in [0.25, 0.3) is 5.91 Å². The van der Waals surface area contributed by atoms with Crippen LogP contribution in [0.15, 0.2) is 23.2 Å². The predicted molar refractivity (Wildman–Crippen MR) is 144 cm³/mol. The van der Waals surface area contributed by atoms with Crippen molar-refractivity contribution in [1.82, 2.24) is 4.57 Å². The number of thiophene rings is 1. The number of thiazole rings is 1. The van der Waals surface area contributed by atoms with E-state index in [1.54, 1.807) is 6.92 Å². The summed E-state index contributed by atoms with van der Waals surface area (Å²) in [6.45, 7) is 6.29. The Hall–Kier alpha value is -2.43. The van der Waals surface area contributed by atoms with Gasteiger partial charge in [0.1, 0.15) is 5.00 Å². The van der Waals surface area contributed by atoms with Crippen molar-refractivity contribution in [3.05, 3.63) is 44.6 Å². The molecule has 0 fully saturated rings. The molecule has 35 heavy (non-hydrogen) atoms. The second kappa shape index (κ2) is 11.1. The Morgan fingerprint density at radius 2 is 2.06 bits per heavy atom. The number of ether oxygens (including phenoxy) is 1. The van der Waals surface area contributed by atoms with Crippen molar-refractivity contribution in [2.75, 3.05) is 23.4 Å². The molecule has 1 aromatic carbocycles. The first-order valence-electron chi connectivity index (χ1n) is 11.6. The van der Waals surface area contributed by atoms with Crippen molar-refractivity contribution in [3.8, 4) is 0 Å². The van der Waals surface area contributed by atoms with Crippen molar-refractivity contribution in [1.29, 1.82) is 0 Å². The van der Waals surface area contributed by atoms with Crippen LogP contribution >= 0.6 is 34.4 Å². The van der Waals surface area contributed by atoms with Crippen LogP contribution in [0.1, 0.15) is 46.6 Å². The van der Waals surface area contributed by atoms with Gasteiger partial charge in [-0.15, -0.1) is 23.1 Å². The molecule has 186 valence electrons. The van der Waals surface area contributed by atoms with Gasteiger partial charge in [-0.1, -0.05) is 24.3 Å². The molecule has 3 aromatic rings. The van der Waals surface area contributed by atoms with Crippen LogP contribution in [0.5, 0.6) is 0 Å². The lowest BCUT2D eigenvalue weighted by Gasteiger charge is -2.18. The summed E-state index contributed by atoms with van der Waals surface area (Å²) in [4.78, 5) is 43.7. The molecule has 0 spiro atoms. The standard InChI is InChI=1S/C25H29N3O4S3/c1-5-32-24(31)22-16-8-6-14(2)10-18(16)34-23(22)26-20(29)12-33-13-21(30)27-25-28(4)17-9-7-15(3)11-19(17)35-25/h7,9,11,14H,5-6,8,10,12-13H2,1-4H3,(H,26,29). The van der Waals surface area contributed by atoms with Crippen LogP contribution in [0.4, 0.5) is 5.00 Å². The van der Waals surface area contributed by atoms with E-state index < -0.39 is 0 Å². The number of hydrogen-bond donors (Lipinski definition) is 1. The largest absolute Gasteiger partial charge is 0.462 e. The maximum Gasteiger partial charge on any atom is 0.341 e. The van der Waals surface area contributed by atoms with E-state index in [2.05, 4.69) is 23.3 Å². The Morgan fingerprint density at radius 3 is 2.83 bits per heavy atom. The highest BCUT2D eigenvalue weighted by Crippen LogP contribution is 2.40. The summed E-state index contributed by atoms with van der Waals surface area (Å²) >= 11 is 4.15. The van der Waals surface area contributed by atoms with Crippen molar-refractivity contribution in [2.45, 2.75) is 40.0 Å². The molecule has 0 bridgehead atoms. The highest BCUT2D eigenvalue weighted by molar-refractivity contribution is 8.00. The Labute approximate surface area is 216 Å². The van der Waals surface area contributed by atoms with Crippen molar-refractivity contribution >= 4 is 67.4 Å². The van der Waals surface area contributed by atoms with E-state index in [0.717, 1.165) is 45.5 Å². The minimum absolute atomic E-state index is 0.0975. The van der Waals surface area contributed by atoms with Gasteiger partial charge in [-0.2, -0.15) is 4.99 Å². The first-order chi connectivity index (χ1) is 16.8. The van der Waals surface area contributed by atoms with Crippen LogP contribution in [0.25, 0.3) is 10.2 Å². The normalized spacial score (nSPS) is 15.8. The molecule has 0 radical (unpaired) electrons. The van der Waals surface area contributed by atoms with Gasteiger partial charge in [-0.3, -0.25) is 9.59 Å². The monoisotopic (exact) mass is 531 g/mol. The topological polar surface area (TPSA) is 89.8 Å². The van der Waals surface area contributed by atoms with Gasteiger partial charge in [-0.25, -0.2) is 4.79 Å². The molecule has 1 N–H and O–H groups in total. The zero-order valence-corrected chi connectivity index (χ0v) is 22.8. The third-order valence-corrected chi connectivity index (χ3v) is 9.07. The molecule has 2 amide bonds. The highest BCUT2D eigenvalue weighted by Gasteiger charge is 2.29. The number of nitrogens with zero attached hydrogens (tertiary/aromatic N) is 2. The second-order valence-corrected chi connectivity index (χ2v) is 11.8. The molecule has 2 aromatic heterocycles. The fourth-order valence-corrected chi connectivity index (χ4v) is 7.29. The highest BCUT2D eigenvalue weighted by atomic mass is 32.2. The predicted octanol–water partition coefficient (Wildman–Crippen LogP) is 4.71. The molecule has 2 heterocycles. The van der Waals surface area contributed by atoms with Gasteiger partial charge < -0.3 is 14.6 Å². The van der Waals surface area contributed by atoms with Gasteiger partial charge in [0, 0.05) is 11.9 Å². The maximum absolute atomic E-state index is 12.6. The minimum Gasteiger partial charge on any atom is -0.462 e. The number of amides is 2. The van der Waals surface area contributed by atoms with Gasteiger partial charge in [0.2, 0.25) is 5.91 Å². The number of carbonyl (C=O) groups excluding carboxylic acids is 3. The number of esters is 1. The van der Waals surface area contributed by atoms with E-state index in [0.29, 0.717) is 21.3 Å². The zero-order valence-electron chi connectivity index (χ0n) is 20.3. The summed E-state index contributed by atoms with van der Waals surface area (Å²) in [7, 11) is 1.89. The summed E-state index contributed by atoms with van der Waals surface area (Å²) in [6, 6.07) is 6.14. The SMILES string of the molecule is CCOC(=O)c1c(NC(=O)CSCC(=O)N=c2sc3cc(C)ccc3n2C)sc2c1CCC(C)C2. The number of nitrogens with one attached hydrogen (secondary N) is 1. The van der Waals surface area contributed by atoms with Crippen LogP contribution in [0, 0.1) is 12.8 Å². The van der Waals surface area contributed by atoms with E-state index >= 15 is 0 Å². The second-order valence-electron chi connectivity index (χ2n) is 8.74. The van der Waals surface area contributed by atoms with Crippen molar-refractivity contribution in [2.24, 2.45) is 18.0 Å². The van der Waals surface area contributed by atoms with E-state index in [1.165, 1.54) is 34.4 Å². The summed E-state index contributed by atoms with van der Waals surface area (Å²) < 4.78 is 8.25. The van der Waals surface area contributed by atoms with Crippen LogP contribution in [-0.2, 0) is 34.2 Å². The zero-order chi connectivity index (χ0) is 25.1. The fourth-order valence-electron chi connectivity index (χ4n) is 4.14. The van der Waals surface area contributed by atoms with E-state index in [1.807, 2.05) is 30.7 Å². The third kappa shape index (κ3) is 5.87. The van der Waals surface area contributed by atoms with Crippen molar-refractivity contribution < 1.29 is 19.1 Å². The van der Waals surface area contributed by atoms with E-state index in [9.17, 15) is 14.4 Å². The molecule has 1 aliphatic rings. The average molecular weight is 532 g/mol. The van der Waals surface area contributed by atoms with Crippen LogP contribution in [-0.4, -0.2) is 40.5 Å². The molecular weight excluding hydrogens is 502 g/mol. The number of thioether (sulfide) groups is 1. The number of aryl methyl sites for hydroxylation is 2. The van der Waals surface area contributed by atoms with Crippen LogP contribution < -0.4 is 10.1 Å². The molecule has 7 nitrogen and oxygen atoms in total. The van der Waals surface area contributed by atoms with Gasteiger partial charge in [0.05, 0.1) is 33.9 Å². The molecule has 10 heteroatoms. The fraction of sp³-hybridized carbons (Fsp3) is 0.440. The first-order valence-corrected chi connectivity index (χ1v) is 14.4. The molecule has 1 atom stereocenters. The minimum atomic E-state index is -0.386. The molecule has 0 saturated heterocycles. The number of fused-ring (bicyclic) bond motifs is 2. The molecule has 1 aliphatic carbocycles.